The number of methoxy groups -OCH3 is 2. The Bertz CT molecular complexity index is 433. The van der Waals surface area contributed by atoms with Gasteiger partial charge in [0, 0.05) is 53.1 Å². The summed E-state index contributed by atoms with van der Waals surface area (Å²) in [7, 11) is 3.45. The minimum atomic E-state index is 0.0914. The number of amides is 1. The molecular weight excluding hydrogens is 324 g/mol. The van der Waals surface area contributed by atoms with Gasteiger partial charge in [-0.25, -0.2) is 0 Å². The van der Waals surface area contributed by atoms with Crippen molar-refractivity contribution in [1.29, 1.82) is 0 Å². The number of hydrogen-bond acceptors (Lipinski definition) is 6. The number of ether oxygens (including phenoxy) is 4. The molecule has 0 aromatic rings. The maximum Gasteiger partial charge on any atom is 0.248 e. The van der Waals surface area contributed by atoms with Gasteiger partial charge in [-0.05, 0) is 25.7 Å². The highest BCUT2D eigenvalue weighted by Gasteiger charge is 2.56. The molecule has 25 heavy (non-hydrogen) atoms. The Morgan fingerprint density at radius 1 is 1.16 bits per heavy atom. The SMILES string of the molecule is COCCOCC(=O)N1CCC(N2CC(OC)C23CCOCC3)CC1. The Labute approximate surface area is 150 Å². The van der Waals surface area contributed by atoms with Crippen molar-refractivity contribution in [2.75, 3.05) is 66.9 Å². The molecule has 3 heterocycles. The lowest BCUT2D eigenvalue weighted by atomic mass is 9.73. The van der Waals surface area contributed by atoms with E-state index in [1.807, 2.05) is 12.0 Å². The first kappa shape index (κ1) is 19.0. The highest BCUT2D eigenvalue weighted by Crippen LogP contribution is 2.44. The van der Waals surface area contributed by atoms with E-state index in [9.17, 15) is 4.79 Å². The van der Waals surface area contributed by atoms with Crippen LogP contribution in [-0.2, 0) is 23.7 Å². The number of carbonyl (C=O) groups is 1. The van der Waals surface area contributed by atoms with Crippen molar-refractivity contribution in [3.8, 4) is 0 Å². The maximum atomic E-state index is 12.2. The molecule has 144 valence electrons. The van der Waals surface area contributed by atoms with Gasteiger partial charge in [-0.1, -0.05) is 0 Å². The third-order valence-electron chi connectivity index (χ3n) is 6.09. The molecule has 0 N–H and O–H groups in total. The van der Waals surface area contributed by atoms with Gasteiger partial charge >= 0.3 is 0 Å². The molecule has 3 aliphatic rings. The van der Waals surface area contributed by atoms with E-state index in [-0.39, 0.29) is 18.1 Å². The molecule has 0 aromatic carbocycles. The van der Waals surface area contributed by atoms with Gasteiger partial charge in [-0.15, -0.1) is 0 Å². The summed E-state index contributed by atoms with van der Waals surface area (Å²) in [6.45, 7) is 5.45. The first-order valence-corrected chi connectivity index (χ1v) is 9.43. The Hall–Kier alpha value is -0.730. The lowest BCUT2D eigenvalue weighted by molar-refractivity contribution is -0.208. The van der Waals surface area contributed by atoms with Crippen molar-refractivity contribution in [3.63, 3.8) is 0 Å². The van der Waals surface area contributed by atoms with Crippen molar-refractivity contribution in [2.24, 2.45) is 0 Å². The number of piperidine rings is 1. The van der Waals surface area contributed by atoms with Crippen LogP contribution in [0.3, 0.4) is 0 Å². The summed E-state index contributed by atoms with van der Waals surface area (Å²) in [5.74, 6) is 0.0914. The predicted molar refractivity (Wildman–Crippen MR) is 92.6 cm³/mol. The van der Waals surface area contributed by atoms with Gasteiger partial charge < -0.3 is 23.8 Å². The molecule has 7 nitrogen and oxygen atoms in total. The van der Waals surface area contributed by atoms with E-state index in [2.05, 4.69) is 4.90 Å². The second kappa shape index (κ2) is 8.77. The van der Waals surface area contributed by atoms with Crippen molar-refractivity contribution >= 4 is 5.91 Å². The zero-order valence-corrected chi connectivity index (χ0v) is 15.6. The zero-order valence-electron chi connectivity index (χ0n) is 15.6. The normalized spacial score (nSPS) is 27.4. The third kappa shape index (κ3) is 4.01. The average molecular weight is 356 g/mol. The third-order valence-corrected chi connectivity index (χ3v) is 6.09. The molecular formula is C18H32N2O5. The van der Waals surface area contributed by atoms with Crippen LogP contribution >= 0.6 is 0 Å². The van der Waals surface area contributed by atoms with Crippen LogP contribution in [0.1, 0.15) is 25.7 Å². The van der Waals surface area contributed by atoms with Crippen molar-refractivity contribution in [2.45, 2.75) is 43.4 Å². The molecule has 3 saturated heterocycles. The Balaban J connectivity index is 1.46. The molecule has 3 fully saturated rings. The van der Waals surface area contributed by atoms with Crippen LogP contribution in [-0.4, -0.2) is 100 Å². The van der Waals surface area contributed by atoms with E-state index >= 15 is 0 Å². The van der Waals surface area contributed by atoms with Gasteiger partial charge in [-0.3, -0.25) is 9.69 Å². The smallest absolute Gasteiger partial charge is 0.248 e. The second-order valence-corrected chi connectivity index (χ2v) is 7.25. The Morgan fingerprint density at radius 2 is 1.88 bits per heavy atom. The molecule has 0 bridgehead atoms. The summed E-state index contributed by atoms with van der Waals surface area (Å²) in [4.78, 5) is 16.8. The van der Waals surface area contributed by atoms with Crippen LogP contribution in [0.2, 0.25) is 0 Å². The molecule has 1 amide bonds. The molecule has 0 saturated carbocycles. The maximum absolute atomic E-state index is 12.2. The van der Waals surface area contributed by atoms with Crippen LogP contribution in [0.5, 0.6) is 0 Å². The van der Waals surface area contributed by atoms with Crippen LogP contribution < -0.4 is 0 Å². The minimum absolute atomic E-state index is 0.0914. The van der Waals surface area contributed by atoms with Gasteiger partial charge in [0.25, 0.3) is 0 Å². The van der Waals surface area contributed by atoms with E-state index in [1.54, 1.807) is 7.11 Å². The first-order valence-electron chi connectivity index (χ1n) is 9.43. The monoisotopic (exact) mass is 356 g/mol. The molecule has 0 aliphatic carbocycles. The van der Waals surface area contributed by atoms with Crippen molar-refractivity contribution in [1.82, 2.24) is 9.80 Å². The average Bonchev–Trinajstić information content (AvgIpc) is 2.66. The number of hydrogen-bond donors (Lipinski definition) is 0. The fraction of sp³-hybridized carbons (Fsp3) is 0.944. The number of carbonyl (C=O) groups excluding carboxylic acids is 1. The summed E-state index contributed by atoms with van der Waals surface area (Å²) in [6, 6.07) is 0.544. The lowest BCUT2D eigenvalue weighted by Crippen LogP contribution is -2.75. The lowest BCUT2D eigenvalue weighted by Gasteiger charge is -2.63. The molecule has 3 rings (SSSR count). The van der Waals surface area contributed by atoms with Crippen LogP contribution in [0.25, 0.3) is 0 Å². The quantitative estimate of drug-likeness (QED) is 0.620. The molecule has 1 unspecified atom stereocenters. The van der Waals surface area contributed by atoms with Gasteiger partial charge in [0.15, 0.2) is 0 Å². The fourth-order valence-electron chi connectivity index (χ4n) is 4.56. The van der Waals surface area contributed by atoms with Crippen LogP contribution in [0.15, 0.2) is 0 Å². The topological polar surface area (TPSA) is 60.5 Å². The highest BCUT2D eigenvalue weighted by atomic mass is 16.5. The largest absolute Gasteiger partial charge is 0.382 e. The zero-order chi connectivity index (χ0) is 17.7. The summed E-state index contributed by atoms with van der Waals surface area (Å²) >= 11 is 0. The number of rotatable bonds is 7. The second-order valence-electron chi connectivity index (χ2n) is 7.25. The number of nitrogens with zero attached hydrogens (tertiary/aromatic N) is 2. The number of likely N-dealkylation sites (tertiary alicyclic amines) is 2. The van der Waals surface area contributed by atoms with Crippen molar-refractivity contribution in [3.05, 3.63) is 0 Å². The van der Waals surface area contributed by atoms with Gasteiger partial charge in [-0.2, -0.15) is 0 Å². The summed E-state index contributed by atoms with van der Waals surface area (Å²) < 4.78 is 21.6. The minimum Gasteiger partial charge on any atom is -0.382 e. The molecule has 0 radical (unpaired) electrons. The Kier molecular flexibility index (Phi) is 6.68. The van der Waals surface area contributed by atoms with E-state index in [4.69, 9.17) is 18.9 Å². The first-order chi connectivity index (χ1) is 12.2. The fourth-order valence-corrected chi connectivity index (χ4v) is 4.56. The van der Waals surface area contributed by atoms with Crippen molar-refractivity contribution < 1.29 is 23.7 Å². The Morgan fingerprint density at radius 3 is 2.52 bits per heavy atom. The summed E-state index contributed by atoms with van der Waals surface area (Å²) in [6.07, 6.45) is 4.49. The van der Waals surface area contributed by atoms with Crippen LogP contribution in [0.4, 0.5) is 0 Å². The molecule has 1 atom stereocenters. The predicted octanol–water partition coefficient (Wildman–Crippen LogP) is 0.520. The van der Waals surface area contributed by atoms with Gasteiger partial charge in [0.2, 0.25) is 5.91 Å². The van der Waals surface area contributed by atoms with E-state index in [0.717, 1.165) is 58.5 Å². The molecule has 1 spiro atoms. The molecule has 3 aliphatic heterocycles. The van der Waals surface area contributed by atoms with E-state index in [0.29, 0.717) is 25.4 Å². The van der Waals surface area contributed by atoms with Crippen LogP contribution in [0, 0.1) is 0 Å². The summed E-state index contributed by atoms with van der Waals surface area (Å²) in [5.41, 5.74) is 0.160. The molecule has 7 heteroatoms. The summed E-state index contributed by atoms with van der Waals surface area (Å²) in [5, 5.41) is 0. The van der Waals surface area contributed by atoms with E-state index < -0.39 is 0 Å². The highest BCUT2D eigenvalue weighted by molar-refractivity contribution is 5.77. The van der Waals surface area contributed by atoms with E-state index in [1.165, 1.54) is 0 Å². The standard InChI is InChI=1S/C18H32N2O5/c1-22-11-12-25-14-17(21)19-7-3-15(4-8-19)20-13-16(23-2)18(20)5-9-24-10-6-18/h15-16H,3-14H2,1-2H3. The molecule has 0 aromatic heterocycles. The van der Waals surface area contributed by atoms with Gasteiger partial charge in [0.1, 0.15) is 6.61 Å². The van der Waals surface area contributed by atoms with Gasteiger partial charge in [0.05, 0.1) is 24.9 Å².